The molecule has 2 aliphatic rings. The minimum absolute atomic E-state index is 0.721. The van der Waals surface area contributed by atoms with Crippen LogP contribution >= 0.6 is 0 Å². The molecule has 0 aliphatic carbocycles. The maximum absolute atomic E-state index is 5.25. The molecule has 2 heteroatoms. The molecule has 1 unspecified atom stereocenters. The molecule has 0 saturated carbocycles. The molecule has 2 fully saturated rings. The fourth-order valence-electron chi connectivity index (χ4n) is 1.39. The fraction of sp³-hybridized carbons (Fsp3) is 0.857. The van der Waals surface area contributed by atoms with Crippen molar-refractivity contribution < 1.29 is 4.74 Å². The molecule has 0 amide bonds. The summed E-state index contributed by atoms with van der Waals surface area (Å²) in [6, 6.07) is 0.721. The predicted octanol–water partition coefficient (Wildman–Crippen LogP) is 0.643. The van der Waals surface area contributed by atoms with E-state index < -0.39 is 0 Å². The molecule has 9 heavy (non-hydrogen) atoms. The highest BCUT2D eigenvalue weighted by Crippen LogP contribution is 2.21. The summed E-state index contributed by atoms with van der Waals surface area (Å²) in [5.41, 5.74) is 0. The molecule has 1 radical (unpaired) electrons. The Kier molecular flexibility index (Phi) is 1.44. The Morgan fingerprint density at radius 3 is 2.89 bits per heavy atom. The van der Waals surface area contributed by atoms with E-state index in [1.165, 1.54) is 19.4 Å². The van der Waals surface area contributed by atoms with E-state index in [1.54, 1.807) is 0 Å². The van der Waals surface area contributed by atoms with Crippen LogP contribution in [0.25, 0.3) is 0 Å². The third-order valence-corrected chi connectivity index (χ3v) is 2.13. The Morgan fingerprint density at radius 1 is 1.56 bits per heavy atom. The minimum atomic E-state index is 0.721. The summed E-state index contributed by atoms with van der Waals surface area (Å²) >= 11 is 0. The van der Waals surface area contributed by atoms with Crippen LogP contribution in [0.1, 0.15) is 12.8 Å². The van der Waals surface area contributed by atoms with Crippen molar-refractivity contribution in [1.29, 1.82) is 0 Å². The molecule has 2 heterocycles. The van der Waals surface area contributed by atoms with Crippen molar-refractivity contribution in [3.63, 3.8) is 0 Å². The average Bonchev–Trinajstić information content (AvgIpc) is 2.11. The predicted molar refractivity (Wildman–Crippen MR) is 34.8 cm³/mol. The van der Waals surface area contributed by atoms with Crippen LogP contribution in [0.5, 0.6) is 0 Å². The maximum Gasteiger partial charge on any atom is 0.0622 e. The van der Waals surface area contributed by atoms with E-state index in [-0.39, 0.29) is 0 Å². The summed E-state index contributed by atoms with van der Waals surface area (Å²) in [4.78, 5) is 2.40. The smallest absolute Gasteiger partial charge is 0.0622 e. The zero-order valence-corrected chi connectivity index (χ0v) is 5.55. The van der Waals surface area contributed by atoms with E-state index in [4.69, 9.17) is 4.74 Å². The molecule has 0 aromatic heterocycles. The van der Waals surface area contributed by atoms with Crippen LogP contribution in [0.4, 0.5) is 0 Å². The largest absolute Gasteiger partial charge is 0.380 e. The van der Waals surface area contributed by atoms with E-state index in [9.17, 15) is 0 Å². The monoisotopic (exact) mass is 126 g/mol. The van der Waals surface area contributed by atoms with Crippen LogP contribution in [-0.2, 0) is 4.74 Å². The summed E-state index contributed by atoms with van der Waals surface area (Å²) in [5.74, 6) is 0. The zero-order chi connectivity index (χ0) is 6.10. The van der Waals surface area contributed by atoms with Gasteiger partial charge in [-0.25, -0.2) is 0 Å². The van der Waals surface area contributed by atoms with Gasteiger partial charge in [0.25, 0.3) is 0 Å². The molecule has 0 aromatic rings. The molecule has 0 bridgehead atoms. The third kappa shape index (κ3) is 0.970. The van der Waals surface area contributed by atoms with Crippen molar-refractivity contribution in [3.8, 4) is 0 Å². The highest BCUT2D eigenvalue weighted by molar-refractivity contribution is 4.88. The molecule has 2 rings (SSSR count). The fourth-order valence-corrected chi connectivity index (χ4v) is 1.39. The molecule has 51 valence electrons. The van der Waals surface area contributed by atoms with Crippen LogP contribution in [0, 0.1) is 6.54 Å². The van der Waals surface area contributed by atoms with Gasteiger partial charge in [0.2, 0.25) is 0 Å². The maximum atomic E-state index is 5.25. The second-order valence-electron chi connectivity index (χ2n) is 2.73. The number of likely N-dealkylation sites (tertiary alicyclic amines) is 1. The number of rotatable bonds is 1. The number of hydrogen-bond acceptors (Lipinski definition) is 2. The van der Waals surface area contributed by atoms with Gasteiger partial charge in [0, 0.05) is 25.7 Å². The van der Waals surface area contributed by atoms with E-state index >= 15 is 0 Å². The van der Waals surface area contributed by atoms with E-state index in [0.717, 1.165) is 19.3 Å². The lowest BCUT2D eigenvalue weighted by Gasteiger charge is -2.34. The van der Waals surface area contributed by atoms with Crippen molar-refractivity contribution in [1.82, 2.24) is 4.90 Å². The van der Waals surface area contributed by atoms with Gasteiger partial charge in [-0.1, -0.05) is 0 Å². The Hall–Kier alpha value is -0.0800. The Morgan fingerprint density at radius 2 is 2.44 bits per heavy atom. The summed E-state index contributed by atoms with van der Waals surface area (Å²) in [5, 5.41) is 0. The lowest BCUT2D eigenvalue weighted by Crippen LogP contribution is -2.41. The van der Waals surface area contributed by atoms with Gasteiger partial charge in [0.1, 0.15) is 0 Å². The van der Waals surface area contributed by atoms with Crippen LogP contribution < -0.4 is 0 Å². The van der Waals surface area contributed by atoms with Crippen molar-refractivity contribution in [2.24, 2.45) is 0 Å². The van der Waals surface area contributed by atoms with Crippen molar-refractivity contribution in [2.45, 2.75) is 18.9 Å². The van der Waals surface area contributed by atoms with Crippen LogP contribution in [0.2, 0.25) is 0 Å². The van der Waals surface area contributed by atoms with E-state index in [2.05, 4.69) is 11.4 Å². The molecule has 0 N–H and O–H groups in total. The molecule has 2 aliphatic heterocycles. The standard InChI is InChI=1S/C7H12NO/c1-3-8(4-1)7-2-5-9-6-7/h3,7H,1-2,4-6H2. The lowest BCUT2D eigenvalue weighted by atomic mass is 10.1. The van der Waals surface area contributed by atoms with Gasteiger partial charge in [-0.05, 0) is 12.8 Å². The summed E-state index contributed by atoms with van der Waals surface area (Å²) in [6.07, 6.45) is 2.51. The van der Waals surface area contributed by atoms with Crippen LogP contribution in [-0.4, -0.2) is 30.7 Å². The van der Waals surface area contributed by atoms with Crippen LogP contribution in [0.15, 0.2) is 0 Å². The molecular formula is C7H12NO. The van der Waals surface area contributed by atoms with Gasteiger partial charge in [-0.15, -0.1) is 0 Å². The Balaban J connectivity index is 1.82. The Bertz CT molecular complexity index is 95.1. The second kappa shape index (κ2) is 2.27. The summed E-state index contributed by atoms with van der Waals surface area (Å²) < 4.78 is 5.25. The van der Waals surface area contributed by atoms with Gasteiger partial charge in [-0.2, -0.15) is 0 Å². The normalized spacial score (nSPS) is 36.7. The summed E-state index contributed by atoms with van der Waals surface area (Å²) in [6.45, 7) is 5.46. The van der Waals surface area contributed by atoms with E-state index in [1.807, 2.05) is 0 Å². The first kappa shape index (κ1) is 5.69. The average molecular weight is 126 g/mol. The summed E-state index contributed by atoms with van der Waals surface area (Å²) in [7, 11) is 0. The van der Waals surface area contributed by atoms with Gasteiger partial charge in [0.05, 0.1) is 6.61 Å². The molecule has 0 spiro atoms. The quantitative estimate of drug-likeness (QED) is 0.511. The molecule has 2 saturated heterocycles. The highest BCUT2D eigenvalue weighted by atomic mass is 16.5. The van der Waals surface area contributed by atoms with Gasteiger partial charge in [-0.3, -0.25) is 4.90 Å². The first-order chi connectivity index (χ1) is 4.47. The topological polar surface area (TPSA) is 12.5 Å². The number of ether oxygens (including phenoxy) is 1. The highest BCUT2D eigenvalue weighted by Gasteiger charge is 2.27. The second-order valence-corrected chi connectivity index (χ2v) is 2.73. The van der Waals surface area contributed by atoms with E-state index in [0.29, 0.717) is 0 Å². The van der Waals surface area contributed by atoms with Gasteiger partial charge in [0.15, 0.2) is 0 Å². The molecule has 1 atom stereocenters. The van der Waals surface area contributed by atoms with Gasteiger partial charge >= 0.3 is 0 Å². The number of hydrogen-bond donors (Lipinski definition) is 0. The van der Waals surface area contributed by atoms with Gasteiger partial charge < -0.3 is 4.74 Å². The van der Waals surface area contributed by atoms with Crippen LogP contribution in [0.3, 0.4) is 0 Å². The lowest BCUT2D eigenvalue weighted by molar-refractivity contribution is 0.132. The SMILES string of the molecule is [CH]1CCN1C1CCOC1. The minimum Gasteiger partial charge on any atom is -0.380 e. The number of nitrogens with zero attached hydrogens (tertiary/aromatic N) is 1. The molecule has 0 aromatic carbocycles. The molecular weight excluding hydrogens is 114 g/mol. The zero-order valence-electron chi connectivity index (χ0n) is 5.55. The van der Waals surface area contributed by atoms with Crippen molar-refractivity contribution in [2.75, 3.05) is 19.8 Å². The third-order valence-electron chi connectivity index (χ3n) is 2.13. The first-order valence-corrected chi connectivity index (χ1v) is 3.63. The first-order valence-electron chi connectivity index (χ1n) is 3.63. The Labute approximate surface area is 55.8 Å². The van der Waals surface area contributed by atoms with Crippen molar-refractivity contribution in [3.05, 3.63) is 6.54 Å². The van der Waals surface area contributed by atoms with Crippen molar-refractivity contribution >= 4 is 0 Å². The molecule has 2 nitrogen and oxygen atoms in total.